The summed E-state index contributed by atoms with van der Waals surface area (Å²) < 4.78 is 1.21. The minimum absolute atomic E-state index is 0.901. The second-order valence-electron chi connectivity index (χ2n) is 4.38. The summed E-state index contributed by atoms with van der Waals surface area (Å²) in [5.74, 6) is 0. The lowest BCUT2D eigenvalue weighted by atomic mass is 10.1. The zero-order chi connectivity index (χ0) is 13.0. The van der Waals surface area contributed by atoms with Crippen LogP contribution in [0, 0.1) is 6.92 Å². The van der Waals surface area contributed by atoms with Gasteiger partial charge in [-0.15, -0.1) is 11.3 Å². The second-order valence-corrected chi connectivity index (χ2v) is 6.57. The number of aryl methyl sites for hydroxylation is 2. The van der Waals surface area contributed by atoms with Crippen LogP contribution in [0.3, 0.4) is 0 Å². The molecular formula is C15H18BrNS. The molecule has 0 unspecified atom stereocenters. The van der Waals surface area contributed by atoms with Crippen molar-refractivity contribution in [3.63, 3.8) is 0 Å². The highest BCUT2D eigenvalue weighted by Gasteiger charge is 2.04. The smallest absolute Gasteiger partial charge is 0.0494 e. The summed E-state index contributed by atoms with van der Waals surface area (Å²) >= 11 is 5.41. The van der Waals surface area contributed by atoms with Gasteiger partial charge in [-0.2, -0.15) is 0 Å². The molecule has 1 aromatic carbocycles. The van der Waals surface area contributed by atoms with Crippen molar-refractivity contribution in [3.05, 3.63) is 50.1 Å². The van der Waals surface area contributed by atoms with Crippen LogP contribution in [-0.4, -0.2) is 0 Å². The molecule has 0 spiro atoms. The molecule has 1 nitrogen and oxygen atoms in total. The van der Waals surface area contributed by atoms with Crippen LogP contribution >= 0.6 is 27.3 Å². The lowest BCUT2D eigenvalue weighted by molar-refractivity contribution is 0.920. The number of para-hydroxylation sites is 1. The molecule has 0 saturated carbocycles. The van der Waals surface area contributed by atoms with Crippen molar-refractivity contribution in [3.8, 4) is 0 Å². The van der Waals surface area contributed by atoms with E-state index in [-0.39, 0.29) is 0 Å². The van der Waals surface area contributed by atoms with Gasteiger partial charge in [0.25, 0.3) is 0 Å². The molecule has 18 heavy (non-hydrogen) atoms. The van der Waals surface area contributed by atoms with Crippen LogP contribution in [-0.2, 0) is 13.0 Å². The van der Waals surface area contributed by atoms with E-state index in [2.05, 4.69) is 65.4 Å². The summed E-state index contributed by atoms with van der Waals surface area (Å²) in [7, 11) is 0. The van der Waals surface area contributed by atoms with Gasteiger partial charge in [-0.1, -0.05) is 31.5 Å². The van der Waals surface area contributed by atoms with E-state index < -0.39 is 0 Å². The van der Waals surface area contributed by atoms with Crippen LogP contribution < -0.4 is 5.32 Å². The third-order valence-electron chi connectivity index (χ3n) is 2.90. The molecule has 2 rings (SSSR count). The molecule has 0 saturated heterocycles. The van der Waals surface area contributed by atoms with Crippen molar-refractivity contribution < 1.29 is 0 Å². The zero-order valence-corrected chi connectivity index (χ0v) is 13.2. The SMILES string of the molecule is CCCc1ccccc1NCc1cc(Br)c(C)s1. The van der Waals surface area contributed by atoms with Gasteiger partial charge in [-0.25, -0.2) is 0 Å². The Hall–Kier alpha value is -0.800. The van der Waals surface area contributed by atoms with Crippen LogP contribution in [0.1, 0.15) is 28.7 Å². The predicted octanol–water partition coefficient (Wildman–Crippen LogP) is 5.38. The summed E-state index contributed by atoms with van der Waals surface area (Å²) in [6.45, 7) is 5.26. The maximum absolute atomic E-state index is 3.56. The first-order valence-electron chi connectivity index (χ1n) is 6.27. The molecule has 96 valence electrons. The third-order valence-corrected chi connectivity index (χ3v) is 5.03. The van der Waals surface area contributed by atoms with Crippen LogP contribution in [0.15, 0.2) is 34.8 Å². The average molecular weight is 324 g/mol. The molecule has 3 heteroatoms. The van der Waals surface area contributed by atoms with Crippen LogP contribution in [0.2, 0.25) is 0 Å². The lowest BCUT2D eigenvalue weighted by Gasteiger charge is -2.10. The second kappa shape index (κ2) is 6.39. The standard InChI is InChI=1S/C15H18BrNS/c1-3-6-12-7-4-5-8-15(12)17-10-13-9-14(16)11(2)18-13/h4-5,7-9,17H,3,6,10H2,1-2H3. The van der Waals surface area contributed by atoms with E-state index in [1.54, 1.807) is 0 Å². The maximum atomic E-state index is 3.56. The first-order valence-corrected chi connectivity index (χ1v) is 7.88. The van der Waals surface area contributed by atoms with Gasteiger partial charge < -0.3 is 5.32 Å². The molecule has 1 heterocycles. The summed E-state index contributed by atoms with van der Waals surface area (Å²) in [6, 6.07) is 10.8. The summed E-state index contributed by atoms with van der Waals surface area (Å²) in [6.07, 6.45) is 2.32. The number of halogens is 1. The van der Waals surface area contributed by atoms with E-state index in [4.69, 9.17) is 0 Å². The van der Waals surface area contributed by atoms with Crippen LogP contribution in [0.5, 0.6) is 0 Å². The highest BCUT2D eigenvalue weighted by molar-refractivity contribution is 9.10. The largest absolute Gasteiger partial charge is 0.380 e. The number of nitrogens with one attached hydrogen (secondary N) is 1. The maximum Gasteiger partial charge on any atom is 0.0494 e. The van der Waals surface area contributed by atoms with Crippen molar-refractivity contribution in [1.29, 1.82) is 0 Å². The molecular weight excluding hydrogens is 306 g/mol. The number of rotatable bonds is 5. The van der Waals surface area contributed by atoms with E-state index in [9.17, 15) is 0 Å². The molecule has 0 radical (unpaired) electrons. The Bertz CT molecular complexity index is 499. The Labute approximate surface area is 121 Å². The summed E-state index contributed by atoms with van der Waals surface area (Å²) in [5.41, 5.74) is 2.67. The third kappa shape index (κ3) is 3.36. The first kappa shape index (κ1) is 13.6. The van der Waals surface area contributed by atoms with Crippen molar-refractivity contribution in [2.75, 3.05) is 5.32 Å². The van der Waals surface area contributed by atoms with Crippen LogP contribution in [0.25, 0.3) is 0 Å². The van der Waals surface area contributed by atoms with Gasteiger partial charge in [0.1, 0.15) is 0 Å². The normalized spacial score (nSPS) is 10.6. The van der Waals surface area contributed by atoms with Crippen molar-refractivity contribution in [2.45, 2.75) is 33.2 Å². The predicted molar refractivity (Wildman–Crippen MR) is 84.5 cm³/mol. The van der Waals surface area contributed by atoms with Gasteiger partial charge in [0.15, 0.2) is 0 Å². The lowest BCUT2D eigenvalue weighted by Crippen LogP contribution is -2.00. The van der Waals surface area contributed by atoms with Crippen molar-refractivity contribution in [1.82, 2.24) is 0 Å². The molecule has 2 aromatic rings. The van der Waals surface area contributed by atoms with E-state index in [1.807, 2.05) is 11.3 Å². The molecule has 1 aromatic heterocycles. The fraction of sp³-hybridized carbons (Fsp3) is 0.333. The van der Waals surface area contributed by atoms with Gasteiger partial charge >= 0.3 is 0 Å². The van der Waals surface area contributed by atoms with Gasteiger partial charge in [0, 0.05) is 26.5 Å². The van der Waals surface area contributed by atoms with Gasteiger partial charge in [-0.05, 0) is 47.0 Å². The molecule has 0 amide bonds. The minimum Gasteiger partial charge on any atom is -0.380 e. The fourth-order valence-corrected chi connectivity index (χ4v) is 3.51. The monoisotopic (exact) mass is 323 g/mol. The highest BCUT2D eigenvalue weighted by Crippen LogP contribution is 2.27. The Balaban J connectivity index is 2.05. The van der Waals surface area contributed by atoms with Crippen molar-refractivity contribution in [2.24, 2.45) is 0 Å². The minimum atomic E-state index is 0.901. The van der Waals surface area contributed by atoms with Crippen molar-refractivity contribution >= 4 is 33.0 Å². The Morgan fingerprint density at radius 1 is 1.28 bits per heavy atom. The topological polar surface area (TPSA) is 12.0 Å². The van der Waals surface area contributed by atoms with E-state index >= 15 is 0 Å². The molecule has 0 atom stereocenters. The number of thiophene rings is 1. The molecule has 0 aliphatic rings. The molecule has 0 bridgehead atoms. The zero-order valence-electron chi connectivity index (χ0n) is 10.8. The highest BCUT2D eigenvalue weighted by atomic mass is 79.9. The molecule has 0 aliphatic carbocycles. The van der Waals surface area contributed by atoms with E-state index in [1.165, 1.54) is 31.9 Å². The number of anilines is 1. The van der Waals surface area contributed by atoms with Gasteiger partial charge in [-0.3, -0.25) is 0 Å². The van der Waals surface area contributed by atoms with Gasteiger partial charge in [0.05, 0.1) is 0 Å². The number of hydrogen-bond acceptors (Lipinski definition) is 2. The number of benzene rings is 1. The Morgan fingerprint density at radius 2 is 2.06 bits per heavy atom. The van der Waals surface area contributed by atoms with Crippen LogP contribution in [0.4, 0.5) is 5.69 Å². The quantitative estimate of drug-likeness (QED) is 0.778. The Kier molecular flexibility index (Phi) is 4.84. The summed E-state index contributed by atoms with van der Waals surface area (Å²) in [4.78, 5) is 2.71. The van der Waals surface area contributed by atoms with E-state index in [0.717, 1.165) is 13.0 Å². The first-order chi connectivity index (χ1) is 8.70. The average Bonchev–Trinajstić information content (AvgIpc) is 2.68. The summed E-state index contributed by atoms with van der Waals surface area (Å²) in [5, 5.41) is 3.54. The number of hydrogen-bond donors (Lipinski definition) is 1. The molecule has 1 N–H and O–H groups in total. The van der Waals surface area contributed by atoms with Gasteiger partial charge in [0.2, 0.25) is 0 Å². The molecule has 0 fully saturated rings. The Morgan fingerprint density at radius 3 is 2.72 bits per heavy atom. The van der Waals surface area contributed by atoms with E-state index in [0.29, 0.717) is 0 Å². The molecule has 0 aliphatic heterocycles. The fourth-order valence-electron chi connectivity index (χ4n) is 1.97.